The summed E-state index contributed by atoms with van der Waals surface area (Å²) in [5.74, 6) is -0.665. The third kappa shape index (κ3) is 7.86. The minimum absolute atomic E-state index is 0.231. The minimum Gasteiger partial charge on any atom is -0.381 e. The van der Waals surface area contributed by atoms with E-state index in [1.807, 2.05) is 87.5 Å². The van der Waals surface area contributed by atoms with Gasteiger partial charge in [0, 0.05) is 30.2 Å². The second-order valence-corrected chi connectivity index (χ2v) is 12.3. The first-order chi connectivity index (χ1) is 19.7. The largest absolute Gasteiger partial charge is 0.381 e. The number of hydrogen-bond acceptors (Lipinski definition) is 6. The van der Waals surface area contributed by atoms with E-state index in [2.05, 4.69) is 20.9 Å². The topological polar surface area (TPSA) is 124 Å². The summed E-state index contributed by atoms with van der Waals surface area (Å²) in [4.78, 5) is 45.5. The second-order valence-electron chi connectivity index (χ2n) is 10.7. The van der Waals surface area contributed by atoms with Crippen molar-refractivity contribution in [2.45, 2.75) is 63.2 Å². The number of benzene rings is 2. The first-order valence-corrected chi connectivity index (χ1v) is 14.6. The Morgan fingerprint density at radius 3 is 2.37 bits per heavy atom. The molecule has 216 valence electrons. The molecule has 4 N–H and O–H groups in total. The van der Waals surface area contributed by atoms with Crippen molar-refractivity contribution in [3.8, 4) is 0 Å². The van der Waals surface area contributed by atoms with E-state index in [4.69, 9.17) is 0 Å². The van der Waals surface area contributed by atoms with Crippen LogP contribution in [-0.4, -0.2) is 61.6 Å². The average Bonchev–Trinajstić information content (AvgIpc) is 3.30. The summed E-state index contributed by atoms with van der Waals surface area (Å²) < 4.78 is -0.578. The maximum Gasteiger partial charge on any atom is 0.315 e. The van der Waals surface area contributed by atoms with Crippen molar-refractivity contribution in [2.24, 2.45) is 0 Å². The van der Waals surface area contributed by atoms with Crippen molar-refractivity contribution in [3.63, 3.8) is 0 Å². The van der Waals surface area contributed by atoms with Gasteiger partial charge in [0.15, 0.2) is 6.10 Å². The summed E-state index contributed by atoms with van der Waals surface area (Å²) in [7, 11) is 0. The molecule has 2 heterocycles. The fraction of sp³-hybridized carbons (Fsp3) is 0.355. The van der Waals surface area contributed by atoms with Gasteiger partial charge in [0.05, 0.1) is 11.9 Å². The number of amides is 4. The molecular weight excluding hydrogens is 538 g/mol. The normalized spacial score (nSPS) is 17.4. The van der Waals surface area contributed by atoms with Crippen LogP contribution in [0.4, 0.5) is 4.79 Å². The smallest absolute Gasteiger partial charge is 0.315 e. The van der Waals surface area contributed by atoms with Gasteiger partial charge in [0.2, 0.25) is 5.91 Å². The summed E-state index contributed by atoms with van der Waals surface area (Å²) >= 11 is 1.47. The van der Waals surface area contributed by atoms with E-state index in [1.54, 1.807) is 12.4 Å². The van der Waals surface area contributed by atoms with Crippen LogP contribution in [-0.2, 0) is 29.1 Å². The van der Waals surface area contributed by atoms with Gasteiger partial charge in [-0.3, -0.25) is 14.6 Å². The number of urea groups is 1. The predicted molar refractivity (Wildman–Crippen MR) is 160 cm³/mol. The highest BCUT2D eigenvalue weighted by atomic mass is 32.2. The predicted octanol–water partition coefficient (Wildman–Crippen LogP) is 3.16. The summed E-state index contributed by atoms with van der Waals surface area (Å²) in [5.41, 5.74) is 3.76. The second kappa shape index (κ2) is 13.6. The van der Waals surface area contributed by atoms with Gasteiger partial charge in [-0.15, -0.1) is 11.8 Å². The van der Waals surface area contributed by atoms with Gasteiger partial charge in [-0.05, 0) is 61.6 Å². The molecule has 1 aliphatic rings. The molecule has 4 amide bonds. The molecule has 0 saturated carbocycles. The lowest BCUT2D eigenvalue weighted by Gasteiger charge is -2.33. The van der Waals surface area contributed by atoms with Crippen molar-refractivity contribution in [1.29, 1.82) is 0 Å². The first kappa shape index (κ1) is 30.1. The SMILES string of the molecule is Cc1ccccc1CNC(=O)NC(Cc1ccccc1)C(O)C(=O)N1CSC(C)(C)C1C(=O)NCc1ccncc1. The number of pyridine rings is 1. The number of carbonyl (C=O) groups is 3. The summed E-state index contributed by atoms with van der Waals surface area (Å²) in [5, 5.41) is 19.9. The van der Waals surface area contributed by atoms with Crippen LogP contribution in [0.25, 0.3) is 0 Å². The number of thioether (sulfide) groups is 1. The number of nitrogens with one attached hydrogen (secondary N) is 3. The number of carbonyl (C=O) groups excluding carboxylic acids is 3. The Hall–Kier alpha value is -3.89. The van der Waals surface area contributed by atoms with Gasteiger partial charge in [-0.25, -0.2) is 4.79 Å². The van der Waals surface area contributed by atoms with Crippen molar-refractivity contribution in [2.75, 3.05) is 5.88 Å². The molecule has 9 nitrogen and oxygen atoms in total. The molecule has 0 aliphatic carbocycles. The maximum absolute atomic E-state index is 13.8. The van der Waals surface area contributed by atoms with Crippen LogP contribution in [0.5, 0.6) is 0 Å². The average molecular weight is 576 g/mol. The number of hydrogen-bond donors (Lipinski definition) is 4. The number of aromatic nitrogens is 1. The van der Waals surface area contributed by atoms with Crippen LogP contribution in [0.2, 0.25) is 0 Å². The summed E-state index contributed by atoms with van der Waals surface area (Å²) in [6, 6.07) is 18.5. The van der Waals surface area contributed by atoms with Crippen LogP contribution in [0.15, 0.2) is 79.1 Å². The summed E-state index contributed by atoms with van der Waals surface area (Å²) in [6.45, 7) is 6.38. The number of aliphatic hydroxyl groups is 1. The highest BCUT2D eigenvalue weighted by molar-refractivity contribution is 8.00. The van der Waals surface area contributed by atoms with Crippen LogP contribution in [0, 0.1) is 6.92 Å². The molecule has 3 aromatic rings. The van der Waals surface area contributed by atoms with Gasteiger partial charge in [-0.1, -0.05) is 54.6 Å². The van der Waals surface area contributed by atoms with Crippen LogP contribution in [0.1, 0.15) is 36.1 Å². The highest BCUT2D eigenvalue weighted by Gasteiger charge is 2.49. The molecule has 1 aliphatic heterocycles. The molecular formula is C31H37N5O4S. The van der Waals surface area contributed by atoms with Crippen molar-refractivity contribution in [1.82, 2.24) is 25.8 Å². The quantitative estimate of drug-likeness (QED) is 0.295. The van der Waals surface area contributed by atoms with E-state index < -0.39 is 34.9 Å². The lowest BCUT2D eigenvalue weighted by Crippen LogP contribution is -2.59. The molecule has 1 saturated heterocycles. The fourth-order valence-electron chi connectivity index (χ4n) is 4.85. The van der Waals surface area contributed by atoms with E-state index in [-0.39, 0.29) is 18.2 Å². The Labute approximate surface area is 245 Å². The molecule has 1 aromatic heterocycles. The zero-order valence-corrected chi connectivity index (χ0v) is 24.4. The van der Waals surface area contributed by atoms with Crippen LogP contribution >= 0.6 is 11.8 Å². The molecule has 0 bridgehead atoms. The lowest BCUT2D eigenvalue weighted by molar-refractivity contribution is -0.147. The maximum atomic E-state index is 13.8. The van der Waals surface area contributed by atoms with E-state index in [9.17, 15) is 19.5 Å². The molecule has 1 fully saturated rings. The molecule has 41 heavy (non-hydrogen) atoms. The number of aliphatic hydroxyl groups excluding tert-OH is 1. The van der Waals surface area contributed by atoms with Crippen molar-refractivity contribution >= 4 is 29.6 Å². The highest BCUT2D eigenvalue weighted by Crippen LogP contribution is 2.39. The zero-order valence-electron chi connectivity index (χ0n) is 23.5. The molecule has 3 unspecified atom stereocenters. The number of aryl methyl sites for hydroxylation is 1. The third-order valence-electron chi connectivity index (χ3n) is 7.24. The fourth-order valence-corrected chi connectivity index (χ4v) is 5.99. The third-order valence-corrected chi connectivity index (χ3v) is 8.62. The van der Waals surface area contributed by atoms with Gasteiger partial charge in [-0.2, -0.15) is 0 Å². The van der Waals surface area contributed by atoms with Gasteiger partial charge < -0.3 is 26.0 Å². The van der Waals surface area contributed by atoms with Crippen molar-refractivity contribution in [3.05, 3.63) is 101 Å². The van der Waals surface area contributed by atoms with E-state index in [1.165, 1.54) is 16.7 Å². The molecule has 3 atom stereocenters. The lowest BCUT2D eigenvalue weighted by atomic mass is 9.97. The zero-order chi connectivity index (χ0) is 29.4. The van der Waals surface area contributed by atoms with Crippen molar-refractivity contribution < 1.29 is 19.5 Å². The van der Waals surface area contributed by atoms with E-state index in [0.717, 1.165) is 22.3 Å². The van der Waals surface area contributed by atoms with Crippen LogP contribution < -0.4 is 16.0 Å². The van der Waals surface area contributed by atoms with Gasteiger partial charge in [0.1, 0.15) is 6.04 Å². The summed E-state index contributed by atoms with van der Waals surface area (Å²) in [6.07, 6.45) is 1.97. The molecule has 10 heteroatoms. The van der Waals surface area contributed by atoms with Gasteiger partial charge in [0.25, 0.3) is 5.91 Å². The Bertz CT molecular complexity index is 1340. The Morgan fingerprint density at radius 1 is 0.976 bits per heavy atom. The molecule has 2 aromatic carbocycles. The molecule has 0 radical (unpaired) electrons. The monoisotopic (exact) mass is 575 g/mol. The minimum atomic E-state index is -1.57. The van der Waals surface area contributed by atoms with E-state index in [0.29, 0.717) is 13.1 Å². The molecule has 4 rings (SSSR count). The van der Waals surface area contributed by atoms with E-state index >= 15 is 0 Å². The first-order valence-electron chi connectivity index (χ1n) is 13.6. The Morgan fingerprint density at radius 2 is 1.66 bits per heavy atom. The number of rotatable bonds is 10. The molecule has 0 spiro atoms. The Balaban J connectivity index is 1.48. The Kier molecular flexibility index (Phi) is 10.0. The van der Waals surface area contributed by atoms with Gasteiger partial charge >= 0.3 is 6.03 Å². The number of nitrogens with zero attached hydrogens (tertiary/aromatic N) is 2. The standard InChI is InChI=1S/C31H37N5O4S/c1-21-9-7-8-12-24(21)19-34-30(40)35-25(17-22-10-5-4-6-11-22)26(37)29(39)36-20-41-31(2,3)27(36)28(38)33-18-23-13-15-32-16-14-23/h4-16,25-27,37H,17-20H2,1-3H3,(H,33,38)(H2,34,35,40). The van der Waals surface area contributed by atoms with Crippen LogP contribution in [0.3, 0.4) is 0 Å².